The van der Waals surface area contributed by atoms with Gasteiger partial charge in [0.25, 0.3) is 0 Å². The number of rotatable bonds is 2. The summed E-state index contributed by atoms with van der Waals surface area (Å²) in [7, 11) is 1.49. The molecule has 1 aliphatic rings. The average molecular weight is 258 g/mol. The Morgan fingerprint density at radius 1 is 1.33 bits per heavy atom. The average Bonchev–Trinajstić information content (AvgIpc) is 2.27. The maximum atomic E-state index is 12.4. The van der Waals surface area contributed by atoms with Gasteiger partial charge in [0.1, 0.15) is 0 Å². The maximum absolute atomic E-state index is 12.4. The highest BCUT2D eigenvalue weighted by Gasteiger charge is 2.36. The van der Waals surface area contributed by atoms with Crippen LogP contribution in [0.3, 0.4) is 0 Å². The smallest absolute Gasteiger partial charge is 0.323 e. The predicted octanol–water partition coefficient (Wildman–Crippen LogP) is 2.50. The fourth-order valence-corrected chi connectivity index (χ4v) is 2.67. The van der Waals surface area contributed by atoms with E-state index in [1.54, 1.807) is 0 Å². The van der Waals surface area contributed by atoms with E-state index >= 15 is 0 Å². The second kappa shape index (κ2) is 4.90. The van der Waals surface area contributed by atoms with Gasteiger partial charge in [-0.25, -0.2) is 0 Å². The minimum atomic E-state index is -4.18. The zero-order valence-electron chi connectivity index (χ0n) is 10.2. The van der Waals surface area contributed by atoms with E-state index in [-0.39, 0.29) is 12.1 Å². The van der Waals surface area contributed by atoms with Gasteiger partial charge in [0, 0.05) is 12.1 Å². The molecule has 2 atom stereocenters. The molecule has 18 heavy (non-hydrogen) atoms. The van der Waals surface area contributed by atoms with Gasteiger partial charge in [-0.3, -0.25) is 4.90 Å². The number of aryl methyl sites for hydroxylation is 1. The molecule has 100 valence electrons. The molecule has 0 radical (unpaired) electrons. The Kier molecular flexibility index (Phi) is 3.64. The SMILES string of the molecule is CN(CC(F)(F)F)C1CCc2ccccc2C1N. The topological polar surface area (TPSA) is 29.3 Å². The molecule has 1 aromatic carbocycles. The molecule has 0 amide bonds. The Labute approximate surface area is 105 Å². The summed E-state index contributed by atoms with van der Waals surface area (Å²) in [6, 6.07) is 7.13. The van der Waals surface area contributed by atoms with E-state index in [2.05, 4.69) is 0 Å². The van der Waals surface area contributed by atoms with Crippen molar-refractivity contribution in [2.24, 2.45) is 5.73 Å². The molecule has 0 saturated carbocycles. The summed E-state index contributed by atoms with van der Waals surface area (Å²) in [6.45, 7) is -0.909. The van der Waals surface area contributed by atoms with E-state index in [0.717, 1.165) is 17.5 Å². The van der Waals surface area contributed by atoms with Crippen molar-refractivity contribution in [2.45, 2.75) is 31.1 Å². The molecule has 5 heteroatoms. The molecule has 0 spiro atoms. The van der Waals surface area contributed by atoms with Crippen LogP contribution in [-0.2, 0) is 6.42 Å². The molecule has 1 aliphatic carbocycles. The lowest BCUT2D eigenvalue weighted by atomic mass is 9.84. The Bertz CT molecular complexity index is 417. The lowest BCUT2D eigenvalue weighted by Crippen LogP contribution is -2.46. The minimum absolute atomic E-state index is 0.249. The van der Waals surface area contributed by atoms with Crippen molar-refractivity contribution in [3.63, 3.8) is 0 Å². The molecule has 0 saturated heterocycles. The summed E-state index contributed by atoms with van der Waals surface area (Å²) in [5.74, 6) is 0. The number of likely N-dealkylation sites (N-methyl/N-ethyl adjacent to an activating group) is 1. The van der Waals surface area contributed by atoms with Gasteiger partial charge in [0.15, 0.2) is 0 Å². The predicted molar refractivity (Wildman–Crippen MR) is 64.2 cm³/mol. The molecule has 0 aliphatic heterocycles. The van der Waals surface area contributed by atoms with Crippen molar-refractivity contribution in [1.82, 2.24) is 4.90 Å². The van der Waals surface area contributed by atoms with Crippen molar-refractivity contribution in [1.29, 1.82) is 0 Å². The standard InChI is InChI=1S/C13H17F3N2/c1-18(8-13(14,15)16)11-7-6-9-4-2-3-5-10(9)12(11)17/h2-5,11-12H,6-8,17H2,1H3. The van der Waals surface area contributed by atoms with Gasteiger partial charge in [-0.15, -0.1) is 0 Å². The second-order valence-electron chi connectivity index (χ2n) is 4.86. The van der Waals surface area contributed by atoms with Gasteiger partial charge in [-0.05, 0) is 31.0 Å². The van der Waals surface area contributed by atoms with Crippen LogP contribution in [0, 0.1) is 0 Å². The van der Waals surface area contributed by atoms with Gasteiger partial charge in [0.2, 0.25) is 0 Å². The molecule has 2 rings (SSSR count). The van der Waals surface area contributed by atoms with Gasteiger partial charge >= 0.3 is 6.18 Å². The summed E-state index contributed by atoms with van der Waals surface area (Å²) in [4.78, 5) is 1.32. The molecular weight excluding hydrogens is 241 g/mol. The molecule has 2 nitrogen and oxygen atoms in total. The van der Waals surface area contributed by atoms with Crippen LogP contribution >= 0.6 is 0 Å². The van der Waals surface area contributed by atoms with E-state index < -0.39 is 12.7 Å². The summed E-state index contributed by atoms with van der Waals surface area (Å²) in [6.07, 6.45) is -2.72. The van der Waals surface area contributed by atoms with Crippen molar-refractivity contribution < 1.29 is 13.2 Å². The van der Waals surface area contributed by atoms with Crippen LogP contribution in [0.2, 0.25) is 0 Å². The Morgan fingerprint density at radius 3 is 2.67 bits per heavy atom. The highest BCUT2D eigenvalue weighted by molar-refractivity contribution is 5.33. The number of alkyl halides is 3. The largest absolute Gasteiger partial charge is 0.401 e. The monoisotopic (exact) mass is 258 g/mol. The number of halogens is 3. The number of benzene rings is 1. The molecule has 0 fully saturated rings. The van der Waals surface area contributed by atoms with E-state index in [9.17, 15) is 13.2 Å². The van der Waals surface area contributed by atoms with Gasteiger partial charge in [-0.2, -0.15) is 13.2 Å². The number of hydrogen-bond acceptors (Lipinski definition) is 2. The third-order valence-corrected chi connectivity index (χ3v) is 3.53. The van der Waals surface area contributed by atoms with Crippen molar-refractivity contribution >= 4 is 0 Å². The van der Waals surface area contributed by atoms with Gasteiger partial charge in [-0.1, -0.05) is 24.3 Å². The van der Waals surface area contributed by atoms with Gasteiger partial charge in [0.05, 0.1) is 6.54 Å². The second-order valence-corrected chi connectivity index (χ2v) is 4.86. The molecule has 0 aromatic heterocycles. The molecule has 0 bridgehead atoms. The zero-order chi connectivity index (χ0) is 13.3. The summed E-state index contributed by atoms with van der Waals surface area (Å²) >= 11 is 0. The Morgan fingerprint density at radius 2 is 2.00 bits per heavy atom. The first-order valence-electron chi connectivity index (χ1n) is 5.99. The lowest BCUT2D eigenvalue weighted by Gasteiger charge is -2.37. The van der Waals surface area contributed by atoms with E-state index in [1.165, 1.54) is 11.9 Å². The van der Waals surface area contributed by atoms with Crippen LogP contribution in [0.1, 0.15) is 23.6 Å². The minimum Gasteiger partial charge on any atom is -0.323 e. The van der Waals surface area contributed by atoms with E-state index in [0.29, 0.717) is 6.42 Å². The van der Waals surface area contributed by atoms with Crippen molar-refractivity contribution in [3.05, 3.63) is 35.4 Å². The quantitative estimate of drug-likeness (QED) is 0.883. The highest BCUT2D eigenvalue weighted by atomic mass is 19.4. The van der Waals surface area contributed by atoms with Crippen LogP contribution in [0.4, 0.5) is 13.2 Å². The molecular formula is C13H17F3N2. The summed E-state index contributed by atoms with van der Waals surface area (Å²) in [5.41, 5.74) is 8.23. The fraction of sp³-hybridized carbons (Fsp3) is 0.538. The van der Waals surface area contributed by atoms with Crippen LogP contribution in [0.25, 0.3) is 0 Å². The Balaban J connectivity index is 2.14. The molecule has 2 N–H and O–H groups in total. The summed E-state index contributed by atoms with van der Waals surface area (Å²) < 4.78 is 37.2. The number of fused-ring (bicyclic) bond motifs is 1. The van der Waals surface area contributed by atoms with Crippen molar-refractivity contribution in [2.75, 3.05) is 13.6 Å². The molecule has 2 unspecified atom stereocenters. The first-order chi connectivity index (χ1) is 8.38. The van der Waals surface area contributed by atoms with Crippen LogP contribution in [0.5, 0.6) is 0 Å². The van der Waals surface area contributed by atoms with E-state index in [4.69, 9.17) is 5.73 Å². The van der Waals surface area contributed by atoms with E-state index in [1.807, 2.05) is 24.3 Å². The molecule has 0 heterocycles. The third-order valence-electron chi connectivity index (χ3n) is 3.53. The third kappa shape index (κ3) is 2.84. The highest BCUT2D eigenvalue weighted by Crippen LogP contribution is 2.31. The zero-order valence-corrected chi connectivity index (χ0v) is 10.2. The molecule has 1 aromatic rings. The number of nitrogens with zero attached hydrogens (tertiary/aromatic N) is 1. The Hall–Kier alpha value is -1.07. The first-order valence-corrected chi connectivity index (χ1v) is 5.99. The maximum Gasteiger partial charge on any atom is 0.401 e. The van der Waals surface area contributed by atoms with Crippen molar-refractivity contribution in [3.8, 4) is 0 Å². The summed E-state index contributed by atoms with van der Waals surface area (Å²) in [5, 5.41) is 0. The first kappa shape index (κ1) is 13.4. The van der Waals surface area contributed by atoms with Crippen LogP contribution in [-0.4, -0.2) is 30.7 Å². The fourth-order valence-electron chi connectivity index (χ4n) is 2.67. The van der Waals surface area contributed by atoms with Crippen LogP contribution in [0.15, 0.2) is 24.3 Å². The van der Waals surface area contributed by atoms with Gasteiger partial charge < -0.3 is 5.73 Å². The number of nitrogens with two attached hydrogens (primary N) is 1. The number of hydrogen-bond donors (Lipinski definition) is 1. The normalized spacial score (nSPS) is 24.1. The van der Waals surface area contributed by atoms with Crippen LogP contribution < -0.4 is 5.73 Å². The lowest BCUT2D eigenvalue weighted by molar-refractivity contribution is -0.148.